The van der Waals surface area contributed by atoms with E-state index in [4.69, 9.17) is 0 Å². The van der Waals surface area contributed by atoms with E-state index in [0.717, 1.165) is 21.0 Å². The largest absolute Gasteiger partial charge is 0.711 e. The van der Waals surface area contributed by atoms with E-state index in [-0.39, 0.29) is 0 Å². The van der Waals surface area contributed by atoms with Crippen LogP contribution in [-0.2, 0) is 0 Å². The van der Waals surface area contributed by atoms with Gasteiger partial charge in [-0.15, -0.1) is 0 Å². The molecule has 0 aliphatic carbocycles. The molecular weight excluding hydrogens is 188 g/mol. The minimum atomic E-state index is 0.623. The quantitative estimate of drug-likeness (QED) is 0.437. The van der Waals surface area contributed by atoms with E-state index in [1.807, 2.05) is 19.1 Å². The third kappa shape index (κ3) is 1.09. The molecule has 2 aromatic heterocycles. The minimum absolute atomic E-state index is 0.623. The van der Waals surface area contributed by atoms with Crippen LogP contribution in [0.1, 0.15) is 5.56 Å². The van der Waals surface area contributed by atoms with E-state index in [0.29, 0.717) is 5.65 Å². The number of nitrogens with one attached hydrogen (secondary N) is 1. The number of pyridine rings is 1. The molecule has 3 nitrogen and oxygen atoms in total. The molecule has 0 radical (unpaired) electrons. The maximum atomic E-state index is 11.5. The number of nitrogens with zero attached hydrogens (tertiary/aromatic N) is 1. The van der Waals surface area contributed by atoms with Crippen molar-refractivity contribution in [3.8, 4) is 0 Å². The fraction of sp³-hybridized carbons (Fsp3) is 0.0833. The lowest BCUT2D eigenvalue weighted by Crippen LogP contribution is -2.25. The normalized spacial score (nSPS) is 11.3. The Kier molecular flexibility index (Phi) is 1.51. The highest BCUT2D eigenvalue weighted by molar-refractivity contribution is 6.04. The highest BCUT2D eigenvalue weighted by Crippen LogP contribution is 2.23. The number of H-pyrrole nitrogens is 1. The number of aromatic nitrogens is 2. The van der Waals surface area contributed by atoms with Crippen LogP contribution in [0, 0.1) is 12.1 Å². The average Bonchev–Trinajstić information content (AvgIpc) is 2.57. The minimum Gasteiger partial charge on any atom is -0.711 e. The lowest BCUT2D eigenvalue weighted by molar-refractivity contribution is -0.578. The second-order valence-electron chi connectivity index (χ2n) is 3.77. The van der Waals surface area contributed by atoms with E-state index < -0.39 is 0 Å². The monoisotopic (exact) mass is 198 g/mol. The topological polar surface area (TPSA) is 42.7 Å². The molecule has 3 rings (SSSR count). The van der Waals surface area contributed by atoms with Crippen molar-refractivity contribution in [2.75, 3.05) is 0 Å². The molecular formula is C12H10N2O. The van der Waals surface area contributed by atoms with Crippen LogP contribution < -0.4 is 4.73 Å². The summed E-state index contributed by atoms with van der Waals surface area (Å²) in [6.45, 7) is 2.04. The zero-order chi connectivity index (χ0) is 10.4. The van der Waals surface area contributed by atoms with E-state index in [9.17, 15) is 5.21 Å². The van der Waals surface area contributed by atoms with Gasteiger partial charge in [0.15, 0.2) is 0 Å². The van der Waals surface area contributed by atoms with Crippen molar-refractivity contribution in [3.05, 3.63) is 47.3 Å². The lowest BCUT2D eigenvalue weighted by Gasteiger charge is -1.99. The molecule has 0 amide bonds. The predicted octanol–water partition coefficient (Wildman–Crippen LogP) is 2.26. The number of aromatic amines is 1. The zero-order valence-corrected chi connectivity index (χ0v) is 8.32. The molecule has 0 spiro atoms. The molecule has 0 bridgehead atoms. The van der Waals surface area contributed by atoms with Crippen LogP contribution in [0.5, 0.6) is 0 Å². The van der Waals surface area contributed by atoms with E-state index in [2.05, 4.69) is 17.1 Å². The van der Waals surface area contributed by atoms with Crippen LogP contribution in [0.3, 0.4) is 0 Å². The van der Waals surface area contributed by atoms with Crippen molar-refractivity contribution < 1.29 is 4.73 Å². The van der Waals surface area contributed by atoms with Crippen LogP contribution in [0.4, 0.5) is 0 Å². The third-order valence-electron chi connectivity index (χ3n) is 2.68. The summed E-state index contributed by atoms with van der Waals surface area (Å²) in [7, 11) is 0. The molecule has 0 aliphatic heterocycles. The standard InChI is InChI=1S/C12H10N2O/c1-8-4-5-9-10-3-2-6-14(15)12(10)13-11(9)7-8/h2-7,13H,1H3. The number of hydrogen-bond donors (Lipinski definition) is 1. The second kappa shape index (κ2) is 2.73. The van der Waals surface area contributed by atoms with Gasteiger partial charge in [-0.1, -0.05) is 6.07 Å². The summed E-state index contributed by atoms with van der Waals surface area (Å²) < 4.78 is 0.866. The van der Waals surface area contributed by atoms with Crippen molar-refractivity contribution in [2.45, 2.75) is 6.92 Å². The van der Waals surface area contributed by atoms with Crippen LogP contribution >= 0.6 is 0 Å². The Hall–Kier alpha value is -2.03. The molecule has 0 atom stereocenters. The molecule has 74 valence electrons. The number of aryl methyl sites for hydroxylation is 1. The van der Waals surface area contributed by atoms with Gasteiger partial charge in [0.25, 0.3) is 5.65 Å². The number of fused-ring (bicyclic) bond motifs is 3. The van der Waals surface area contributed by atoms with Gasteiger partial charge in [-0.25, -0.2) is 9.71 Å². The van der Waals surface area contributed by atoms with Gasteiger partial charge in [0.1, 0.15) is 5.52 Å². The Bertz CT molecular complexity index is 655. The van der Waals surface area contributed by atoms with Gasteiger partial charge in [0.2, 0.25) is 0 Å². The van der Waals surface area contributed by atoms with E-state index in [1.165, 1.54) is 11.8 Å². The molecule has 0 saturated heterocycles. The summed E-state index contributed by atoms with van der Waals surface area (Å²) in [5.74, 6) is 0. The molecule has 0 fully saturated rings. The summed E-state index contributed by atoms with van der Waals surface area (Å²) in [5.41, 5.74) is 2.82. The highest BCUT2D eigenvalue weighted by atomic mass is 16.5. The van der Waals surface area contributed by atoms with Gasteiger partial charge >= 0.3 is 0 Å². The number of rotatable bonds is 0. The first-order valence-corrected chi connectivity index (χ1v) is 4.86. The smallest absolute Gasteiger partial charge is 0.290 e. The van der Waals surface area contributed by atoms with E-state index >= 15 is 0 Å². The van der Waals surface area contributed by atoms with Crippen molar-refractivity contribution >= 4 is 21.9 Å². The number of benzene rings is 1. The van der Waals surface area contributed by atoms with Gasteiger partial charge in [0.05, 0.1) is 11.6 Å². The van der Waals surface area contributed by atoms with Crippen LogP contribution in [-0.4, -0.2) is 4.98 Å². The molecule has 3 heteroatoms. The summed E-state index contributed by atoms with van der Waals surface area (Å²) in [5, 5.41) is 13.6. The van der Waals surface area contributed by atoms with Gasteiger partial charge < -0.3 is 5.21 Å². The SMILES string of the molecule is Cc1ccc2c(c1)[nH]c1c2ccc[n+]1[O-]. The lowest BCUT2D eigenvalue weighted by atomic mass is 10.1. The zero-order valence-electron chi connectivity index (χ0n) is 8.32. The summed E-state index contributed by atoms with van der Waals surface area (Å²) >= 11 is 0. The van der Waals surface area contributed by atoms with Crippen molar-refractivity contribution in [1.82, 2.24) is 4.98 Å². The van der Waals surface area contributed by atoms with Crippen molar-refractivity contribution in [3.63, 3.8) is 0 Å². The molecule has 2 heterocycles. The van der Waals surface area contributed by atoms with E-state index in [1.54, 1.807) is 6.07 Å². The number of hydrogen-bond acceptors (Lipinski definition) is 1. The Balaban J connectivity index is 2.57. The maximum absolute atomic E-state index is 11.5. The highest BCUT2D eigenvalue weighted by Gasteiger charge is 2.10. The first-order valence-electron chi connectivity index (χ1n) is 4.86. The average molecular weight is 198 g/mol. The molecule has 15 heavy (non-hydrogen) atoms. The van der Waals surface area contributed by atoms with Gasteiger partial charge in [-0.3, -0.25) is 0 Å². The Labute approximate surface area is 86.5 Å². The Morgan fingerprint density at radius 2 is 2.07 bits per heavy atom. The predicted molar refractivity (Wildman–Crippen MR) is 59.5 cm³/mol. The van der Waals surface area contributed by atoms with Gasteiger partial charge in [-0.05, 0) is 36.8 Å². The fourth-order valence-corrected chi connectivity index (χ4v) is 1.95. The molecule has 0 saturated carbocycles. The molecule has 1 N–H and O–H groups in total. The van der Waals surface area contributed by atoms with Crippen LogP contribution in [0.2, 0.25) is 0 Å². The second-order valence-corrected chi connectivity index (χ2v) is 3.77. The molecule has 1 aromatic carbocycles. The Morgan fingerprint density at radius 1 is 1.20 bits per heavy atom. The maximum Gasteiger partial charge on any atom is 0.290 e. The molecule has 3 aromatic rings. The van der Waals surface area contributed by atoms with Crippen LogP contribution in [0.25, 0.3) is 21.9 Å². The summed E-state index contributed by atoms with van der Waals surface area (Å²) in [6.07, 6.45) is 1.50. The van der Waals surface area contributed by atoms with Crippen molar-refractivity contribution in [2.24, 2.45) is 0 Å². The van der Waals surface area contributed by atoms with Gasteiger partial charge in [-0.2, -0.15) is 0 Å². The fourth-order valence-electron chi connectivity index (χ4n) is 1.95. The van der Waals surface area contributed by atoms with Crippen molar-refractivity contribution in [1.29, 1.82) is 0 Å². The van der Waals surface area contributed by atoms with Crippen LogP contribution in [0.15, 0.2) is 36.5 Å². The first-order chi connectivity index (χ1) is 7.25. The first kappa shape index (κ1) is 8.29. The third-order valence-corrected chi connectivity index (χ3v) is 2.68. The summed E-state index contributed by atoms with van der Waals surface area (Å²) in [4.78, 5) is 3.14. The molecule has 0 unspecified atom stereocenters. The van der Waals surface area contributed by atoms with Gasteiger partial charge in [0, 0.05) is 5.39 Å². The molecule has 0 aliphatic rings. The Morgan fingerprint density at radius 3 is 2.93 bits per heavy atom. The summed E-state index contributed by atoms with van der Waals surface area (Å²) in [6, 6.07) is 9.87.